The highest BCUT2D eigenvalue weighted by Gasteiger charge is 2.20. The first-order valence-electron chi connectivity index (χ1n) is 35.4. The highest BCUT2D eigenvalue weighted by atomic mass is 16.5. The molecule has 0 radical (unpaired) electrons. The van der Waals surface area contributed by atoms with Crippen LogP contribution < -0.4 is 5.32 Å². The number of amides is 1. The molecule has 79 heavy (non-hydrogen) atoms. The molecule has 0 aliphatic heterocycles. The number of aliphatic hydroxyl groups is 2. The van der Waals surface area contributed by atoms with Gasteiger partial charge in [0.25, 0.3) is 0 Å². The number of nitrogens with one attached hydrogen (secondary N) is 1. The molecule has 0 saturated carbocycles. The number of unbranched alkanes of at least 4 members (excludes halogenated alkanes) is 47. The number of rotatable bonds is 66. The fourth-order valence-electron chi connectivity index (χ4n) is 10.9. The average molecular weight is 1110 g/mol. The van der Waals surface area contributed by atoms with Crippen LogP contribution in [0.2, 0.25) is 0 Å². The van der Waals surface area contributed by atoms with Crippen molar-refractivity contribution in [3.8, 4) is 0 Å². The largest absolute Gasteiger partial charge is 0.466 e. The third-order valence-corrected chi connectivity index (χ3v) is 16.4. The molecule has 1 amide bonds. The third kappa shape index (κ3) is 64.8. The molecule has 464 valence electrons. The van der Waals surface area contributed by atoms with E-state index in [1.165, 1.54) is 289 Å². The summed E-state index contributed by atoms with van der Waals surface area (Å²) in [6, 6.07) is -0.542. The lowest BCUT2D eigenvalue weighted by Gasteiger charge is -2.22. The molecule has 0 heterocycles. The fourth-order valence-corrected chi connectivity index (χ4v) is 10.9. The predicted octanol–water partition coefficient (Wildman–Crippen LogP) is 22.9. The number of aliphatic hydroxyl groups excluding tert-OH is 2. The van der Waals surface area contributed by atoms with Crippen molar-refractivity contribution in [1.29, 1.82) is 0 Å². The second-order valence-electron chi connectivity index (χ2n) is 24.2. The lowest BCUT2D eigenvalue weighted by atomic mass is 10.0. The Morgan fingerprint density at radius 1 is 0.354 bits per heavy atom. The van der Waals surface area contributed by atoms with Gasteiger partial charge in [0.1, 0.15) is 0 Å². The molecule has 0 rings (SSSR count). The number of ether oxygens (including phenoxy) is 1. The molecular formula is C73H137NO5. The van der Waals surface area contributed by atoms with Crippen LogP contribution in [0.25, 0.3) is 0 Å². The van der Waals surface area contributed by atoms with E-state index in [4.69, 9.17) is 4.74 Å². The molecular weight excluding hydrogens is 971 g/mol. The maximum absolute atomic E-state index is 12.5. The minimum absolute atomic E-state index is 0.00840. The molecule has 0 aromatic heterocycles. The van der Waals surface area contributed by atoms with Crippen molar-refractivity contribution >= 4 is 11.9 Å². The molecule has 6 heteroatoms. The van der Waals surface area contributed by atoms with Gasteiger partial charge in [-0.2, -0.15) is 0 Å². The Morgan fingerprint density at radius 2 is 0.633 bits per heavy atom. The highest BCUT2D eigenvalue weighted by Crippen LogP contribution is 2.18. The Bertz CT molecular complexity index is 1320. The van der Waals surface area contributed by atoms with E-state index in [0.29, 0.717) is 25.9 Å². The van der Waals surface area contributed by atoms with E-state index >= 15 is 0 Å². The molecule has 0 bridgehead atoms. The fraction of sp³-hybridized carbons (Fsp3) is 0.863. The Balaban J connectivity index is 3.39. The van der Waals surface area contributed by atoms with E-state index in [1.807, 2.05) is 0 Å². The summed E-state index contributed by atoms with van der Waals surface area (Å²) in [6.45, 7) is 4.94. The van der Waals surface area contributed by atoms with Crippen molar-refractivity contribution in [2.45, 2.75) is 392 Å². The van der Waals surface area contributed by atoms with Crippen LogP contribution in [-0.2, 0) is 14.3 Å². The summed E-state index contributed by atoms with van der Waals surface area (Å²) in [5.74, 6) is -0.0260. The number of carbonyl (C=O) groups excluding carboxylic acids is 2. The van der Waals surface area contributed by atoms with Crippen molar-refractivity contribution in [2.24, 2.45) is 0 Å². The molecule has 2 atom stereocenters. The Hall–Kier alpha value is -2.18. The Labute approximate surface area is 493 Å². The minimum Gasteiger partial charge on any atom is -0.466 e. The topological polar surface area (TPSA) is 95.9 Å². The lowest BCUT2D eigenvalue weighted by molar-refractivity contribution is -0.143. The summed E-state index contributed by atoms with van der Waals surface area (Å²) in [4.78, 5) is 24.6. The van der Waals surface area contributed by atoms with E-state index in [2.05, 4.69) is 67.8 Å². The number of carbonyl (C=O) groups is 2. The van der Waals surface area contributed by atoms with Crippen molar-refractivity contribution in [1.82, 2.24) is 5.32 Å². The molecule has 0 aromatic rings. The van der Waals surface area contributed by atoms with Gasteiger partial charge in [-0.25, -0.2) is 0 Å². The summed E-state index contributed by atoms with van der Waals surface area (Å²) < 4.78 is 5.50. The van der Waals surface area contributed by atoms with Crippen LogP contribution in [0.15, 0.2) is 48.6 Å². The highest BCUT2D eigenvalue weighted by molar-refractivity contribution is 5.76. The van der Waals surface area contributed by atoms with Crippen LogP contribution in [0.3, 0.4) is 0 Å². The van der Waals surface area contributed by atoms with Gasteiger partial charge in [0.2, 0.25) is 5.91 Å². The first-order chi connectivity index (χ1) is 39.0. The molecule has 0 saturated heterocycles. The van der Waals surface area contributed by atoms with Crippen molar-refractivity contribution < 1.29 is 24.5 Å². The van der Waals surface area contributed by atoms with E-state index < -0.39 is 12.1 Å². The molecule has 3 N–H and O–H groups in total. The van der Waals surface area contributed by atoms with Crippen LogP contribution in [-0.4, -0.2) is 47.4 Å². The van der Waals surface area contributed by atoms with E-state index in [-0.39, 0.29) is 18.5 Å². The summed E-state index contributed by atoms with van der Waals surface area (Å²) in [5.41, 5.74) is 0. The Kier molecular flexibility index (Phi) is 66.4. The number of hydrogen-bond acceptors (Lipinski definition) is 5. The predicted molar refractivity (Wildman–Crippen MR) is 347 cm³/mol. The van der Waals surface area contributed by atoms with Gasteiger partial charge in [-0.1, -0.05) is 326 Å². The second kappa shape index (κ2) is 68.3. The molecule has 6 nitrogen and oxygen atoms in total. The van der Waals surface area contributed by atoms with Gasteiger partial charge < -0.3 is 20.3 Å². The van der Waals surface area contributed by atoms with Crippen LogP contribution >= 0.6 is 0 Å². The van der Waals surface area contributed by atoms with Crippen molar-refractivity contribution in [3.63, 3.8) is 0 Å². The quantitative estimate of drug-likeness (QED) is 0.0320. The molecule has 0 aliphatic rings. The van der Waals surface area contributed by atoms with Gasteiger partial charge >= 0.3 is 5.97 Å². The van der Waals surface area contributed by atoms with Crippen LogP contribution in [0.1, 0.15) is 380 Å². The molecule has 0 aromatic carbocycles. The van der Waals surface area contributed by atoms with Gasteiger partial charge in [0, 0.05) is 12.8 Å². The standard InChI is InChI=1S/C73H137NO5/c1-3-5-7-9-11-13-15-17-19-20-32-36-39-43-47-51-55-59-63-67-73(78)79-68-64-60-56-52-48-44-40-37-34-31-29-27-25-23-21-22-24-26-28-30-33-35-38-42-46-50-54-58-62-66-72(77)74-70(69-75)71(76)65-61-57-53-49-45-41-18-16-14-12-10-8-6-4-2/h11,13,17,19,21,23,27,29,70-71,75-76H,3-10,12,14-16,18,20,22,24-26,28,30-69H2,1-2H3,(H,74,77)/b13-11-,19-17-,23-21-,29-27-. The van der Waals surface area contributed by atoms with Gasteiger partial charge in [0.05, 0.1) is 25.4 Å². The zero-order chi connectivity index (χ0) is 57.1. The second-order valence-corrected chi connectivity index (χ2v) is 24.2. The first-order valence-corrected chi connectivity index (χ1v) is 35.4. The van der Waals surface area contributed by atoms with Gasteiger partial charge in [-0.3, -0.25) is 9.59 Å². The van der Waals surface area contributed by atoms with Crippen molar-refractivity contribution in [3.05, 3.63) is 48.6 Å². The van der Waals surface area contributed by atoms with Gasteiger partial charge in [0.15, 0.2) is 0 Å². The molecule has 0 spiro atoms. The van der Waals surface area contributed by atoms with E-state index in [0.717, 1.165) is 57.8 Å². The zero-order valence-electron chi connectivity index (χ0n) is 53.1. The molecule has 0 fully saturated rings. The average Bonchev–Trinajstić information content (AvgIpc) is 3.45. The SMILES string of the molecule is CCCCC/C=C\C/C=C\CCCCCCCCCCCC(=O)OCCCCCCCCCCC/C=C\C/C=C\CCCCCCCCCCCCCCCC(=O)NC(CO)C(O)CCCCCCCCCCCCCCCC. The monoisotopic (exact) mass is 1110 g/mol. The Morgan fingerprint density at radius 3 is 0.987 bits per heavy atom. The van der Waals surface area contributed by atoms with Gasteiger partial charge in [-0.15, -0.1) is 0 Å². The van der Waals surface area contributed by atoms with Gasteiger partial charge in [-0.05, 0) is 89.9 Å². The normalized spacial score (nSPS) is 12.8. The maximum atomic E-state index is 12.5. The number of allylic oxidation sites excluding steroid dienone is 8. The molecule has 2 unspecified atom stereocenters. The van der Waals surface area contributed by atoms with Crippen LogP contribution in [0, 0.1) is 0 Å². The smallest absolute Gasteiger partial charge is 0.305 e. The first kappa shape index (κ1) is 76.8. The number of hydrogen-bond donors (Lipinski definition) is 3. The summed E-state index contributed by atoms with van der Waals surface area (Å²) >= 11 is 0. The van der Waals surface area contributed by atoms with Crippen molar-refractivity contribution in [2.75, 3.05) is 13.2 Å². The maximum Gasteiger partial charge on any atom is 0.305 e. The zero-order valence-corrected chi connectivity index (χ0v) is 53.1. The van der Waals surface area contributed by atoms with E-state index in [9.17, 15) is 19.8 Å². The number of esters is 1. The summed E-state index contributed by atoms with van der Waals surface area (Å²) in [5, 5.41) is 23.3. The van der Waals surface area contributed by atoms with Crippen LogP contribution in [0.5, 0.6) is 0 Å². The lowest BCUT2D eigenvalue weighted by Crippen LogP contribution is -2.45. The van der Waals surface area contributed by atoms with E-state index in [1.54, 1.807) is 0 Å². The minimum atomic E-state index is -0.665. The summed E-state index contributed by atoms with van der Waals surface area (Å²) in [7, 11) is 0. The van der Waals surface area contributed by atoms with Crippen LogP contribution in [0.4, 0.5) is 0 Å². The molecule has 0 aliphatic carbocycles. The third-order valence-electron chi connectivity index (χ3n) is 16.4. The summed E-state index contributed by atoms with van der Waals surface area (Å²) in [6.07, 6.45) is 88.7.